The molecule has 1 aromatic heterocycles. The van der Waals surface area contributed by atoms with Gasteiger partial charge in [0.15, 0.2) is 5.16 Å². The van der Waals surface area contributed by atoms with Gasteiger partial charge in [-0.1, -0.05) is 30.8 Å². The molecule has 0 aliphatic rings. The molecule has 0 fully saturated rings. The molecule has 0 radical (unpaired) electrons. The largest absolute Gasteiger partial charge is 0.323 e. The van der Waals surface area contributed by atoms with E-state index >= 15 is 0 Å². The van der Waals surface area contributed by atoms with E-state index in [1.165, 1.54) is 18.2 Å². The quantitative estimate of drug-likeness (QED) is 0.645. The first kappa shape index (κ1) is 16.7. The number of amides is 1. The van der Waals surface area contributed by atoms with E-state index in [1.54, 1.807) is 13.0 Å². The second kappa shape index (κ2) is 7.56. The van der Waals surface area contributed by atoms with Gasteiger partial charge in [-0.3, -0.25) is 9.59 Å². The van der Waals surface area contributed by atoms with Gasteiger partial charge in [0.1, 0.15) is 17.4 Å². The maximum atomic E-state index is 13.4. The number of benzene rings is 1. The van der Waals surface area contributed by atoms with Crippen LogP contribution in [0.25, 0.3) is 0 Å². The number of hydrogen-bond acceptors (Lipinski definition) is 5. The predicted molar refractivity (Wildman–Crippen MR) is 84.7 cm³/mol. The van der Waals surface area contributed by atoms with Crippen LogP contribution in [0.15, 0.2) is 34.2 Å². The van der Waals surface area contributed by atoms with Crippen LogP contribution in [0.1, 0.15) is 18.2 Å². The summed E-state index contributed by atoms with van der Waals surface area (Å²) in [7, 11) is 0. The number of thioether (sulfide) groups is 1. The highest BCUT2D eigenvalue weighted by Gasteiger charge is 2.12. The molecule has 1 aromatic carbocycles. The molecule has 0 atom stereocenters. The number of nitriles is 1. The Morgan fingerprint density at radius 2 is 2.22 bits per heavy atom. The molecule has 0 unspecified atom stereocenters. The van der Waals surface area contributed by atoms with E-state index in [0.29, 0.717) is 12.1 Å². The number of aromatic nitrogens is 2. The van der Waals surface area contributed by atoms with Gasteiger partial charge >= 0.3 is 0 Å². The molecule has 2 aromatic rings. The van der Waals surface area contributed by atoms with Crippen molar-refractivity contribution in [2.75, 3.05) is 11.1 Å². The van der Waals surface area contributed by atoms with Crippen LogP contribution >= 0.6 is 11.8 Å². The first-order valence-corrected chi connectivity index (χ1v) is 7.74. The third kappa shape index (κ3) is 4.17. The third-order valence-corrected chi connectivity index (χ3v) is 3.78. The Balaban J connectivity index is 2.05. The smallest absolute Gasteiger partial charge is 0.269 e. The zero-order chi connectivity index (χ0) is 16.8. The second-order valence-corrected chi connectivity index (χ2v) is 5.44. The molecule has 2 rings (SSSR count). The van der Waals surface area contributed by atoms with Crippen molar-refractivity contribution < 1.29 is 9.18 Å². The summed E-state index contributed by atoms with van der Waals surface area (Å²) < 4.78 is 13.4. The van der Waals surface area contributed by atoms with Crippen LogP contribution in [-0.4, -0.2) is 21.6 Å². The number of aromatic amines is 1. The summed E-state index contributed by atoms with van der Waals surface area (Å²) in [5.74, 6) is -0.999. The summed E-state index contributed by atoms with van der Waals surface area (Å²) in [6.07, 6.45) is 0.432. The minimum atomic E-state index is -0.531. The highest BCUT2D eigenvalue weighted by atomic mass is 32.2. The van der Waals surface area contributed by atoms with Crippen LogP contribution in [0.4, 0.5) is 10.1 Å². The van der Waals surface area contributed by atoms with Gasteiger partial charge in [0.05, 0.1) is 17.1 Å². The van der Waals surface area contributed by atoms with Gasteiger partial charge in [-0.25, -0.2) is 9.37 Å². The Kier molecular flexibility index (Phi) is 5.49. The fourth-order valence-corrected chi connectivity index (χ4v) is 2.50. The van der Waals surface area contributed by atoms with Crippen molar-refractivity contribution >= 4 is 23.4 Å². The van der Waals surface area contributed by atoms with E-state index < -0.39 is 17.3 Å². The van der Waals surface area contributed by atoms with Crippen molar-refractivity contribution in [3.05, 3.63) is 51.7 Å². The average Bonchev–Trinajstić information content (AvgIpc) is 2.54. The molecular weight excluding hydrogens is 319 g/mol. The lowest BCUT2D eigenvalue weighted by Gasteiger charge is -2.06. The Morgan fingerprint density at radius 1 is 1.48 bits per heavy atom. The Bertz CT molecular complexity index is 829. The fraction of sp³-hybridized carbons (Fsp3) is 0.200. The number of nitrogens with one attached hydrogen (secondary N) is 2. The summed E-state index contributed by atoms with van der Waals surface area (Å²) >= 11 is 1.01. The maximum Gasteiger partial charge on any atom is 0.269 e. The lowest BCUT2D eigenvalue weighted by atomic mass is 10.2. The lowest BCUT2D eigenvalue weighted by Crippen LogP contribution is -2.18. The summed E-state index contributed by atoms with van der Waals surface area (Å²) in [5, 5.41) is 11.6. The number of halogens is 1. The lowest BCUT2D eigenvalue weighted by molar-refractivity contribution is -0.113. The average molecular weight is 332 g/mol. The number of nitrogens with zero attached hydrogens (tertiary/aromatic N) is 2. The maximum absolute atomic E-state index is 13.4. The molecule has 23 heavy (non-hydrogen) atoms. The number of rotatable bonds is 5. The molecule has 0 saturated heterocycles. The van der Waals surface area contributed by atoms with Gasteiger partial charge in [0, 0.05) is 0 Å². The normalized spacial score (nSPS) is 10.1. The van der Waals surface area contributed by atoms with Gasteiger partial charge < -0.3 is 10.3 Å². The number of aryl methyl sites for hydroxylation is 1. The standard InChI is InChI=1S/C15H13FN4O2S/c1-2-11-9(7-17)14(22)20-15(19-11)23-8-13(21)18-12-6-4-3-5-10(12)16/h3-6H,2,8H2,1H3,(H,18,21)(H,19,20,22). The van der Waals surface area contributed by atoms with Crippen molar-refractivity contribution in [1.29, 1.82) is 5.26 Å². The van der Waals surface area contributed by atoms with Gasteiger partial charge in [0.2, 0.25) is 5.91 Å². The van der Waals surface area contributed by atoms with Gasteiger partial charge in [-0.15, -0.1) is 0 Å². The number of carbonyl (C=O) groups is 1. The molecule has 0 bridgehead atoms. The molecule has 8 heteroatoms. The highest BCUT2D eigenvalue weighted by molar-refractivity contribution is 7.99. The molecule has 1 heterocycles. The first-order valence-electron chi connectivity index (χ1n) is 6.75. The van der Waals surface area contributed by atoms with Crippen molar-refractivity contribution in [2.45, 2.75) is 18.5 Å². The summed E-state index contributed by atoms with van der Waals surface area (Å²) in [5.41, 5.74) is -0.0779. The molecule has 118 valence electrons. The minimum Gasteiger partial charge on any atom is -0.323 e. The molecule has 0 spiro atoms. The Hall–Kier alpha value is -2.66. The van der Waals surface area contributed by atoms with Gasteiger partial charge in [0.25, 0.3) is 5.56 Å². The molecular formula is C15H13FN4O2S. The Labute approximate surface area is 135 Å². The van der Waals surface area contributed by atoms with Crippen LogP contribution in [-0.2, 0) is 11.2 Å². The van der Waals surface area contributed by atoms with Crippen molar-refractivity contribution in [3.63, 3.8) is 0 Å². The van der Waals surface area contributed by atoms with E-state index in [-0.39, 0.29) is 22.2 Å². The van der Waals surface area contributed by atoms with Crippen LogP contribution in [0, 0.1) is 17.1 Å². The van der Waals surface area contributed by atoms with Gasteiger partial charge in [-0.2, -0.15) is 5.26 Å². The minimum absolute atomic E-state index is 0.0207. The van der Waals surface area contributed by atoms with Crippen LogP contribution < -0.4 is 10.9 Å². The van der Waals surface area contributed by atoms with E-state index in [9.17, 15) is 14.0 Å². The summed E-state index contributed by atoms with van der Waals surface area (Å²) in [4.78, 5) is 30.2. The van der Waals surface area contributed by atoms with Crippen molar-refractivity contribution in [3.8, 4) is 6.07 Å². The molecule has 0 saturated carbocycles. The van der Waals surface area contributed by atoms with Crippen LogP contribution in [0.2, 0.25) is 0 Å². The molecule has 2 N–H and O–H groups in total. The van der Waals surface area contributed by atoms with Crippen LogP contribution in [0.3, 0.4) is 0 Å². The first-order chi connectivity index (χ1) is 11.0. The summed E-state index contributed by atoms with van der Waals surface area (Å²) in [6.45, 7) is 1.78. The number of anilines is 1. The van der Waals surface area contributed by atoms with Crippen molar-refractivity contribution in [1.82, 2.24) is 9.97 Å². The monoisotopic (exact) mass is 332 g/mol. The SMILES string of the molecule is CCc1nc(SCC(=O)Nc2ccccc2F)[nH]c(=O)c1C#N. The molecule has 6 nitrogen and oxygen atoms in total. The Morgan fingerprint density at radius 3 is 2.87 bits per heavy atom. The van der Waals surface area contributed by atoms with Gasteiger partial charge in [-0.05, 0) is 18.6 Å². The zero-order valence-corrected chi connectivity index (χ0v) is 13.0. The zero-order valence-electron chi connectivity index (χ0n) is 12.2. The molecule has 1 amide bonds. The highest BCUT2D eigenvalue weighted by Crippen LogP contribution is 2.16. The number of hydrogen-bond donors (Lipinski definition) is 2. The molecule has 0 aliphatic carbocycles. The van der Waals surface area contributed by atoms with Crippen LogP contribution in [0.5, 0.6) is 0 Å². The van der Waals surface area contributed by atoms with E-state index in [2.05, 4.69) is 15.3 Å². The number of H-pyrrole nitrogens is 1. The van der Waals surface area contributed by atoms with Crippen molar-refractivity contribution in [2.24, 2.45) is 0 Å². The second-order valence-electron chi connectivity index (χ2n) is 4.47. The fourth-order valence-electron chi connectivity index (χ4n) is 1.82. The molecule has 0 aliphatic heterocycles. The van der Waals surface area contributed by atoms with E-state index in [0.717, 1.165) is 11.8 Å². The number of carbonyl (C=O) groups excluding carboxylic acids is 1. The number of para-hydroxylation sites is 1. The predicted octanol–water partition coefficient (Wildman–Crippen LogP) is 2.07. The summed E-state index contributed by atoms with van der Waals surface area (Å²) in [6, 6.07) is 7.64. The van der Waals surface area contributed by atoms with E-state index in [4.69, 9.17) is 5.26 Å². The third-order valence-electron chi connectivity index (χ3n) is 2.91. The van der Waals surface area contributed by atoms with E-state index in [1.807, 2.05) is 6.07 Å². The topological polar surface area (TPSA) is 98.6 Å².